The number of hydrogen-bond acceptors (Lipinski definition) is 5. The van der Waals surface area contributed by atoms with E-state index in [0.717, 1.165) is 6.42 Å². The molecule has 0 saturated heterocycles. The van der Waals surface area contributed by atoms with Crippen LogP contribution in [0.3, 0.4) is 0 Å². The summed E-state index contributed by atoms with van der Waals surface area (Å²) >= 11 is 0. The number of ether oxygens (including phenoxy) is 3. The zero-order chi connectivity index (χ0) is 14.8. The van der Waals surface area contributed by atoms with Gasteiger partial charge < -0.3 is 19.5 Å². The lowest BCUT2D eigenvalue weighted by molar-refractivity contribution is -0.148. The Balaban J connectivity index is 1.51. The minimum absolute atomic E-state index is 0.0351. The molecule has 1 aromatic rings. The molecule has 1 aromatic carbocycles. The van der Waals surface area contributed by atoms with Gasteiger partial charge in [-0.1, -0.05) is 6.92 Å². The van der Waals surface area contributed by atoms with Crippen LogP contribution in [0.5, 0.6) is 11.5 Å². The predicted octanol–water partition coefficient (Wildman–Crippen LogP) is 1.60. The molecule has 1 heterocycles. The van der Waals surface area contributed by atoms with E-state index >= 15 is 0 Å². The Labute approximate surface area is 122 Å². The van der Waals surface area contributed by atoms with Crippen molar-refractivity contribution in [1.82, 2.24) is 0 Å². The van der Waals surface area contributed by atoms with Crippen LogP contribution in [0.1, 0.15) is 13.3 Å². The summed E-state index contributed by atoms with van der Waals surface area (Å²) in [4.78, 5) is 23.3. The molecule has 1 amide bonds. The van der Waals surface area contributed by atoms with E-state index in [0.29, 0.717) is 36.3 Å². The van der Waals surface area contributed by atoms with Crippen molar-refractivity contribution >= 4 is 17.6 Å². The molecule has 1 N–H and O–H groups in total. The van der Waals surface area contributed by atoms with Crippen molar-refractivity contribution in [3.63, 3.8) is 0 Å². The summed E-state index contributed by atoms with van der Waals surface area (Å²) in [7, 11) is 0. The van der Waals surface area contributed by atoms with Crippen LogP contribution in [0.15, 0.2) is 18.2 Å². The van der Waals surface area contributed by atoms with E-state index in [1.54, 1.807) is 18.2 Å². The number of esters is 1. The van der Waals surface area contributed by atoms with E-state index in [4.69, 9.17) is 14.2 Å². The second-order valence-electron chi connectivity index (χ2n) is 5.33. The monoisotopic (exact) mass is 291 g/mol. The number of benzene rings is 1. The summed E-state index contributed by atoms with van der Waals surface area (Å²) in [6, 6.07) is 5.15. The van der Waals surface area contributed by atoms with E-state index < -0.39 is 0 Å². The molecule has 2 atom stereocenters. The Kier molecular flexibility index (Phi) is 3.68. The van der Waals surface area contributed by atoms with E-state index in [9.17, 15) is 9.59 Å². The molecular weight excluding hydrogens is 274 g/mol. The first kappa shape index (κ1) is 13.7. The Morgan fingerprint density at radius 3 is 2.71 bits per heavy atom. The Bertz CT molecular complexity index is 571. The number of fused-ring (bicyclic) bond motifs is 1. The molecule has 2 aliphatic rings. The van der Waals surface area contributed by atoms with Crippen LogP contribution in [0.25, 0.3) is 0 Å². The van der Waals surface area contributed by atoms with Crippen LogP contribution < -0.4 is 14.8 Å². The van der Waals surface area contributed by atoms with Gasteiger partial charge in [-0.2, -0.15) is 0 Å². The summed E-state index contributed by atoms with van der Waals surface area (Å²) in [5, 5.41) is 2.67. The molecule has 0 radical (unpaired) electrons. The van der Waals surface area contributed by atoms with Gasteiger partial charge in [-0.15, -0.1) is 0 Å². The van der Waals surface area contributed by atoms with Crippen molar-refractivity contribution in [2.75, 3.05) is 25.1 Å². The largest absolute Gasteiger partial charge is 0.486 e. The quantitative estimate of drug-likeness (QED) is 0.853. The van der Waals surface area contributed by atoms with Gasteiger partial charge in [0.05, 0.1) is 5.92 Å². The van der Waals surface area contributed by atoms with Crippen molar-refractivity contribution in [1.29, 1.82) is 0 Å². The van der Waals surface area contributed by atoms with Crippen molar-refractivity contribution < 1.29 is 23.8 Å². The maximum atomic E-state index is 11.7. The van der Waals surface area contributed by atoms with E-state index in [1.807, 2.05) is 6.92 Å². The van der Waals surface area contributed by atoms with Gasteiger partial charge in [0.2, 0.25) is 0 Å². The maximum Gasteiger partial charge on any atom is 0.309 e. The topological polar surface area (TPSA) is 73.9 Å². The first-order valence-electron chi connectivity index (χ1n) is 6.99. The summed E-state index contributed by atoms with van der Waals surface area (Å²) < 4.78 is 15.8. The van der Waals surface area contributed by atoms with E-state index in [1.165, 1.54) is 0 Å². The van der Waals surface area contributed by atoms with Crippen LogP contribution in [-0.2, 0) is 14.3 Å². The molecule has 1 aliphatic heterocycles. The first-order chi connectivity index (χ1) is 10.1. The van der Waals surface area contributed by atoms with Gasteiger partial charge in [-0.05, 0) is 24.5 Å². The van der Waals surface area contributed by atoms with Crippen LogP contribution in [0.4, 0.5) is 5.69 Å². The molecule has 0 spiro atoms. The molecule has 1 aliphatic carbocycles. The third kappa shape index (κ3) is 3.26. The van der Waals surface area contributed by atoms with Crippen LogP contribution in [0.2, 0.25) is 0 Å². The molecule has 6 heteroatoms. The highest BCUT2D eigenvalue weighted by atomic mass is 16.6. The average molecular weight is 291 g/mol. The molecule has 112 valence electrons. The molecule has 1 fully saturated rings. The van der Waals surface area contributed by atoms with Gasteiger partial charge in [0.15, 0.2) is 18.1 Å². The third-order valence-corrected chi connectivity index (χ3v) is 3.58. The highest BCUT2D eigenvalue weighted by molar-refractivity contribution is 5.93. The number of amides is 1. The Morgan fingerprint density at radius 1 is 1.29 bits per heavy atom. The minimum atomic E-state index is -0.367. The first-order valence-corrected chi connectivity index (χ1v) is 6.99. The van der Waals surface area contributed by atoms with Crippen molar-refractivity contribution in [3.05, 3.63) is 18.2 Å². The van der Waals surface area contributed by atoms with Crippen molar-refractivity contribution in [3.8, 4) is 11.5 Å². The van der Waals surface area contributed by atoms with Gasteiger partial charge in [-0.3, -0.25) is 9.59 Å². The van der Waals surface area contributed by atoms with Gasteiger partial charge in [0.25, 0.3) is 5.91 Å². The number of nitrogens with one attached hydrogen (secondary N) is 1. The van der Waals surface area contributed by atoms with Crippen molar-refractivity contribution in [2.45, 2.75) is 13.3 Å². The van der Waals surface area contributed by atoms with Gasteiger partial charge in [0, 0.05) is 11.8 Å². The Morgan fingerprint density at radius 2 is 2.00 bits per heavy atom. The summed E-state index contributed by atoms with van der Waals surface area (Å²) in [5.41, 5.74) is 0.583. The fourth-order valence-electron chi connectivity index (χ4n) is 2.21. The molecule has 0 aromatic heterocycles. The minimum Gasteiger partial charge on any atom is -0.486 e. The normalized spacial score (nSPS) is 22.3. The SMILES string of the molecule is C[C@@H]1C[C@@H]1C(=O)OCC(=O)Nc1ccc2c(c1)OCCO2. The van der Waals surface area contributed by atoms with Crippen LogP contribution in [0, 0.1) is 11.8 Å². The number of hydrogen-bond donors (Lipinski definition) is 1. The highest BCUT2D eigenvalue weighted by Crippen LogP contribution is 2.38. The number of rotatable bonds is 4. The van der Waals surface area contributed by atoms with Crippen LogP contribution in [-0.4, -0.2) is 31.7 Å². The van der Waals surface area contributed by atoms with Gasteiger partial charge >= 0.3 is 5.97 Å². The summed E-state index contributed by atoms with van der Waals surface area (Å²) in [5.74, 6) is 0.940. The number of anilines is 1. The van der Waals surface area contributed by atoms with E-state index in [2.05, 4.69) is 5.32 Å². The third-order valence-electron chi connectivity index (χ3n) is 3.58. The van der Waals surface area contributed by atoms with Crippen LogP contribution >= 0.6 is 0 Å². The second kappa shape index (κ2) is 5.63. The molecule has 6 nitrogen and oxygen atoms in total. The smallest absolute Gasteiger partial charge is 0.309 e. The lowest BCUT2D eigenvalue weighted by Gasteiger charge is -2.19. The van der Waals surface area contributed by atoms with Gasteiger partial charge in [0.1, 0.15) is 13.2 Å². The highest BCUT2D eigenvalue weighted by Gasteiger charge is 2.40. The molecular formula is C15H17NO5. The lowest BCUT2D eigenvalue weighted by atomic mass is 10.2. The number of carbonyl (C=O) groups is 2. The maximum absolute atomic E-state index is 11.7. The summed E-state index contributed by atoms with van der Waals surface area (Å²) in [6.45, 7) is 2.73. The molecule has 3 rings (SSSR count). The predicted molar refractivity (Wildman–Crippen MR) is 74.3 cm³/mol. The fourth-order valence-corrected chi connectivity index (χ4v) is 2.21. The molecule has 21 heavy (non-hydrogen) atoms. The number of carbonyl (C=O) groups excluding carboxylic acids is 2. The second-order valence-corrected chi connectivity index (χ2v) is 5.33. The molecule has 0 bridgehead atoms. The van der Waals surface area contributed by atoms with E-state index in [-0.39, 0.29) is 24.4 Å². The van der Waals surface area contributed by atoms with Gasteiger partial charge in [-0.25, -0.2) is 0 Å². The standard InChI is InChI=1S/C15H17NO5/c1-9-6-11(9)15(18)21-8-14(17)16-10-2-3-12-13(7-10)20-5-4-19-12/h2-3,7,9,11H,4-6,8H2,1H3,(H,16,17)/t9-,11+/m1/s1. The fraction of sp³-hybridized carbons (Fsp3) is 0.467. The zero-order valence-electron chi connectivity index (χ0n) is 11.8. The average Bonchev–Trinajstić information content (AvgIpc) is 3.22. The zero-order valence-corrected chi connectivity index (χ0v) is 11.8. The molecule has 1 saturated carbocycles. The van der Waals surface area contributed by atoms with Crippen molar-refractivity contribution in [2.24, 2.45) is 11.8 Å². The summed E-state index contributed by atoms with van der Waals surface area (Å²) in [6.07, 6.45) is 0.850. The molecule has 0 unspecified atom stereocenters. The lowest BCUT2D eigenvalue weighted by Crippen LogP contribution is -2.22. The Hall–Kier alpha value is -2.24.